The first-order chi connectivity index (χ1) is 9.81. The van der Waals surface area contributed by atoms with Gasteiger partial charge in [-0.1, -0.05) is 30.3 Å². The number of nitrogens with two attached hydrogens (primary N) is 1. The van der Waals surface area contributed by atoms with Gasteiger partial charge in [-0.3, -0.25) is 4.79 Å². The number of carbonyl (C=O) groups is 2. The molecule has 1 aromatic carbocycles. The number of methoxy groups -OCH3 is 2. The second-order valence-corrected chi connectivity index (χ2v) is 4.72. The average molecular weight is 296 g/mol. The van der Waals surface area contributed by atoms with Crippen LogP contribution in [0.2, 0.25) is 0 Å². The molecule has 7 nitrogen and oxygen atoms in total. The van der Waals surface area contributed by atoms with Gasteiger partial charge >= 0.3 is 6.09 Å². The van der Waals surface area contributed by atoms with Crippen LogP contribution in [0.1, 0.15) is 12.5 Å². The van der Waals surface area contributed by atoms with E-state index in [2.05, 4.69) is 5.32 Å². The van der Waals surface area contributed by atoms with E-state index >= 15 is 0 Å². The molecule has 1 rings (SSSR count). The van der Waals surface area contributed by atoms with Gasteiger partial charge in [0.2, 0.25) is 5.91 Å². The first-order valence-electron chi connectivity index (χ1n) is 6.26. The van der Waals surface area contributed by atoms with Gasteiger partial charge in [0.1, 0.15) is 0 Å². The number of hydrogen-bond donors (Lipinski definition) is 3. The summed E-state index contributed by atoms with van der Waals surface area (Å²) in [7, 11) is 2.63. The molecule has 2 amide bonds. The Bertz CT molecular complexity index is 501. The minimum atomic E-state index is -1.77. The Kier molecular flexibility index (Phi) is 5.28. The summed E-state index contributed by atoms with van der Waals surface area (Å²) in [6.07, 6.45) is -1.40. The first-order valence-corrected chi connectivity index (χ1v) is 6.26. The molecule has 1 aromatic rings. The molecule has 0 spiro atoms. The van der Waals surface area contributed by atoms with E-state index < -0.39 is 23.3 Å². The number of amides is 2. The highest BCUT2D eigenvalue weighted by atomic mass is 16.7. The van der Waals surface area contributed by atoms with E-state index in [0.717, 1.165) is 0 Å². The number of rotatable bonds is 7. The van der Waals surface area contributed by atoms with Crippen LogP contribution in [0.3, 0.4) is 0 Å². The SMILES string of the molecule is COC(C)(OC)C(Cc1ccccc1)(NC(=O)O)C(N)=O. The Hall–Kier alpha value is -2.12. The predicted molar refractivity (Wildman–Crippen MR) is 75.7 cm³/mol. The third-order valence-corrected chi connectivity index (χ3v) is 3.61. The molecule has 1 atom stereocenters. The maximum absolute atomic E-state index is 12.1. The van der Waals surface area contributed by atoms with Gasteiger partial charge in [0.25, 0.3) is 0 Å². The lowest BCUT2D eigenvalue weighted by molar-refractivity contribution is -0.237. The van der Waals surface area contributed by atoms with E-state index in [0.29, 0.717) is 5.56 Å². The summed E-state index contributed by atoms with van der Waals surface area (Å²) in [6, 6.07) is 8.88. The van der Waals surface area contributed by atoms with Crippen molar-refractivity contribution in [1.29, 1.82) is 0 Å². The highest BCUT2D eigenvalue weighted by Crippen LogP contribution is 2.30. The van der Waals surface area contributed by atoms with E-state index in [1.807, 2.05) is 6.07 Å². The lowest BCUT2D eigenvalue weighted by Gasteiger charge is -2.43. The van der Waals surface area contributed by atoms with Crippen LogP contribution in [0.15, 0.2) is 30.3 Å². The molecule has 0 fully saturated rings. The van der Waals surface area contributed by atoms with E-state index in [-0.39, 0.29) is 6.42 Å². The zero-order chi connectivity index (χ0) is 16.1. The van der Waals surface area contributed by atoms with Crippen molar-refractivity contribution in [2.75, 3.05) is 14.2 Å². The maximum Gasteiger partial charge on any atom is 0.405 e. The van der Waals surface area contributed by atoms with Crippen LogP contribution >= 0.6 is 0 Å². The van der Waals surface area contributed by atoms with Crippen LogP contribution < -0.4 is 11.1 Å². The van der Waals surface area contributed by atoms with E-state index in [1.54, 1.807) is 24.3 Å². The predicted octanol–water partition coefficient (Wildman–Crippen LogP) is 0.730. The molecule has 0 aliphatic carbocycles. The third-order valence-electron chi connectivity index (χ3n) is 3.61. The van der Waals surface area contributed by atoms with Gasteiger partial charge < -0.3 is 25.6 Å². The molecule has 0 aromatic heterocycles. The third kappa shape index (κ3) is 3.32. The fourth-order valence-electron chi connectivity index (χ4n) is 2.21. The first kappa shape index (κ1) is 16.9. The van der Waals surface area contributed by atoms with Crippen molar-refractivity contribution in [3.63, 3.8) is 0 Å². The van der Waals surface area contributed by atoms with Crippen LogP contribution in [0.5, 0.6) is 0 Å². The lowest BCUT2D eigenvalue weighted by Crippen LogP contribution is -2.72. The second-order valence-electron chi connectivity index (χ2n) is 4.72. The van der Waals surface area contributed by atoms with Crippen LogP contribution in [-0.4, -0.2) is 42.7 Å². The zero-order valence-corrected chi connectivity index (χ0v) is 12.3. The summed E-state index contributed by atoms with van der Waals surface area (Å²) in [5.41, 5.74) is 4.42. The molecule has 0 bridgehead atoms. The molecule has 0 aliphatic rings. The van der Waals surface area contributed by atoms with Crippen LogP contribution in [0, 0.1) is 0 Å². The zero-order valence-electron chi connectivity index (χ0n) is 12.3. The Morgan fingerprint density at radius 3 is 2.14 bits per heavy atom. The van der Waals surface area contributed by atoms with Crippen molar-refractivity contribution in [3.8, 4) is 0 Å². The number of carboxylic acid groups (broad SMARTS) is 1. The monoisotopic (exact) mass is 296 g/mol. The molecule has 21 heavy (non-hydrogen) atoms. The molecule has 4 N–H and O–H groups in total. The molecule has 7 heteroatoms. The molecular weight excluding hydrogens is 276 g/mol. The minimum Gasteiger partial charge on any atom is -0.465 e. The number of ether oxygens (including phenoxy) is 2. The van der Waals surface area contributed by atoms with Crippen LogP contribution in [0.4, 0.5) is 4.79 Å². The van der Waals surface area contributed by atoms with Gasteiger partial charge in [-0.15, -0.1) is 0 Å². The average Bonchev–Trinajstić information content (AvgIpc) is 2.45. The van der Waals surface area contributed by atoms with Gasteiger partial charge in [-0.2, -0.15) is 0 Å². The van der Waals surface area contributed by atoms with Crippen molar-refractivity contribution < 1.29 is 24.2 Å². The Balaban J connectivity index is 3.37. The Morgan fingerprint density at radius 2 is 1.76 bits per heavy atom. The summed E-state index contributed by atoms with van der Waals surface area (Å²) >= 11 is 0. The summed E-state index contributed by atoms with van der Waals surface area (Å²) in [5.74, 6) is -2.45. The topological polar surface area (TPSA) is 111 Å². The molecule has 0 saturated heterocycles. The summed E-state index contributed by atoms with van der Waals surface area (Å²) in [6.45, 7) is 1.46. The van der Waals surface area contributed by atoms with E-state index in [1.165, 1.54) is 21.1 Å². The fourth-order valence-corrected chi connectivity index (χ4v) is 2.21. The number of benzene rings is 1. The molecule has 0 heterocycles. The van der Waals surface area contributed by atoms with Crippen LogP contribution in [-0.2, 0) is 20.7 Å². The number of primary amides is 1. The van der Waals surface area contributed by atoms with Crippen molar-refractivity contribution in [3.05, 3.63) is 35.9 Å². The summed E-state index contributed by atoms with van der Waals surface area (Å²) < 4.78 is 10.5. The largest absolute Gasteiger partial charge is 0.465 e. The van der Waals surface area contributed by atoms with Crippen LogP contribution in [0.25, 0.3) is 0 Å². The molecule has 0 aliphatic heterocycles. The standard InChI is InChI=1S/C14H20N2O5/c1-13(20-2,21-3)14(11(15)17,16-12(18)19)9-10-7-5-4-6-8-10/h4-8,16H,9H2,1-3H3,(H2,15,17)(H,18,19). The van der Waals surface area contributed by atoms with Crippen molar-refractivity contribution >= 4 is 12.0 Å². The van der Waals surface area contributed by atoms with Crippen molar-refractivity contribution in [2.45, 2.75) is 24.7 Å². The Labute approximate surface area is 123 Å². The van der Waals surface area contributed by atoms with Crippen molar-refractivity contribution in [2.24, 2.45) is 5.73 Å². The molecule has 0 saturated carbocycles. The smallest absolute Gasteiger partial charge is 0.405 e. The van der Waals surface area contributed by atoms with Gasteiger partial charge in [-0.05, 0) is 12.5 Å². The van der Waals surface area contributed by atoms with Gasteiger partial charge in [0.05, 0.1) is 0 Å². The van der Waals surface area contributed by atoms with Gasteiger partial charge in [-0.25, -0.2) is 4.79 Å². The molecule has 0 radical (unpaired) electrons. The number of nitrogens with one attached hydrogen (secondary N) is 1. The van der Waals surface area contributed by atoms with Gasteiger partial charge in [0.15, 0.2) is 11.3 Å². The lowest BCUT2D eigenvalue weighted by atomic mass is 9.82. The minimum absolute atomic E-state index is 0.00630. The molecule has 1 unspecified atom stereocenters. The fraction of sp³-hybridized carbons (Fsp3) is 0.429. The summed E-state index contributed by atoms with van der Waals surface area (Å²) in [4.78, 5) is 23.2. The van der Waals surface area contributed by atoms with E-state index in [9.17, 15) is 9.59 Å². The Morgan fingerprint density at radius 1 is 1.24 bits per heavy atom. The highest BCUT2D eigenvalue weighted by molar-refractivity contribution is 5.90. The van der Waals surface area contributed by atoms with Gasteiger partial charge in [0, 0.05) is 20.6 Å². The quantitative estimate of drug-likeness (QED) is 0.642. The highest BCUT2D eigenvalue weighted by Gasteiger charge is 2.55. The number of carbonyl (C=O) groups excluding carboxylic acids is 1. The summed E-state index contributed by atoms with van der Waals surface area (Å²) in [5, 5.41) is 11.3. The van der Waals surface area contributed by atoms with Crippen molar-refractivity contribution in [1.82, 2.24) is 5.32 Å². The maximum atomic E-state index is 12.1. The molecule has 116 valence electrons. The van der Waals surface area contributed by atoms with E-state index in [4.69, 9.17) is 20.3 Å². The second kappa shape index (κ2) is 6.55. The normalized spacial score (nSPS) is 14.2. The number of hydrogen-bond acceptors (Lipinski definition) is 4. The molecular formula is C14H20N2O5.